The molecule has 2 aromatic carbocycles. The van der Waals surface area contributed by atoms with Crippen LogP contribution in [0.25, 0.3) is 10.9 Å². The van der Waals surface area contributed by atoms with Gasteiger partial charge >= 0.3 is 5.97 Å². The van der Waals surface area contributed by atoms with Crippen LogP contribution in [-0.4, -0.2) is 30.7 Å². The van der Waals surface area contributed by atoms with Gasteiger partial charge in [0.25, 0.3) is 15.8 Å². The maximum atomic E-state index is 13.0. The van der Waals surface area contributed by atoms with Crippen LogP contribution in [0.4, 0.5) is 0 Å². The lowest BCUT2D eigenvalue weighted by molar-refractivity contribution is -0.137. The molecule has 3 aromatic rings. The molecule has 0 bridgehead atoms. The SMILES string of the molecule is CCOC(=O)C(=O)c1cn(S(=O)(=O)c2ccc(C)cc2)c2ccccc12. The highest BCUT2D eigenvalue weighted by Crippen LogP contribution is 2.26. The van der Waals surface area contributed by atoms with Crippen molar-refractivity contribution in [2.75, 3.05) is 6.61 Å². The van der Waals surface area contributed by atoms with Crippen molar-refractivity contribution in [2.24, 2.45) is 0 Å². The van der Waals surface area contributed by atoms with Gasteiger partial charge in [-0.25, -0.2) is 17.2 Å². The van der Waals surface area contributed by atoms with Crippen LogP contribution in [0.15, 0.2) is 59.6 Å². The van der Waals surface area contributed by atoms with Gasteiger partial charge < -0.3 is 4.74 Å². The molecule has 0 aliphatic carbocycles. The first-order valence-electron chi connectivity index (χ1n) is 8.00. The molecule has 0 saturated carbocycles. The van der Waals surface area contributed by atoms with E-state index in [1.54, 1.807) is 43.3 Å². The second-order valence-electron chi connectivity index (χ2n) is 5.72. The summed E-state index contributed by atoms with van der Waals surface area (Å²) in [5.74, 6) is -1.89. The number of hydrogen-bond donors (Lipinski definition) is 0. The van der Waals surface area contributed by atoms with Crippen LogP contribution in [0.3, 0.4) is 0 Å². The van der Waals surface area contributed by atoms with Crippen molar-refractivity contribution in [2.45, 2.75) is 18.7 Å². The van der Waals surface area contributed by atoms with E-state index >= 15 is 0 Å². The third-order valence-electron chi connectivity index (χ3n) is 3.96. The van der Waals surface area contributed by atoms with Gasteiger partial charge in [0.05, 0.1) is 22.6 Å². The van der Waals surface area contributed by atoms with E-state index in [-0.39, 0.29) is 17.1 Å². The molecule has 134 valence electrons. The van der Waals surface area contributed by atoms with Crippen molar-refractivity contribution >= 4 is 32.7 Å². The fraction of sp³-hybridized carbons (Fsp3) is 0.158. The van der Waals surface area contributed by atoms with E-state index in [2.05, 4.69) is 0 Å². The number of aryl methyl sites for hydroxylation is 1. The predicted octanol–water partition coefficient (Wildman–Crippen LogP) is 2.93. The molecule has 1 heterocycles. The third-order valence-corrected chi connectivity index (χ3v) is 5.65. The lowest BCUT2D eigenvalue weighted by Gasteiger charge is -2.07. The summed E-state index contributed by atoms with van der Waals surface area (Å²) in [7, 11) is -3.92. The van der Waals surface area contributed by atoms with Crippen LogP contribution in [0, 0.1) is 6.92 Å². The number of ether oxygens (including phenoxy) is 1. The van der Waals surface area contributed by atoms with Gasteiger partial charge in [0.2, 0.25) is 0 Å². The third kappa shape index (κ3) is 3.01. The molecule has 0 N–H and O–H groups in total. The van der Waals surface area contributed by atoms with Crippen LogP contribution in [0.5, 0.6) is 0 Å². The fourth-order valence-electron chi connectivity index (χ4n) is 2.66. The quantitative estimate of drug-likeness (QED) is 0.391. The van der Waals surface area contributed by atoms with Gasteiger partial charge in [0.15, 0.2) is 0 Å². The number of fused-ring (bicyclic) bond motifs is 1. The molecular weight excluding hydrogens is 354 g/mol. The lowest BCUT2D eigenvalue weighted by Crippen LogP contribution is -2.17. The first kappa shape index (κ1) is 17.9. The van der Waals surface area contributed by atoms with Crippen LogP contribution in [0.1, 0.15) is 22.8 Å². The number of nitrogens with zero attached hydrogens (tertiary/aromatic N) is 1. The van der Waals surface area contributed by atoms with Gasteiger partial charge in [-0.2, -0.15) is 0 Å². The molecule has 3 rings (SSSR count). The van der Waals surface area contributed by atoms with E-state index < -0.39 is 21.8 Å². The van der Waals surface area contributed by atoms with Gasteiger partial charge in [-0.3, -0.25) is 4.79 Å². The Kier molecular flexibility index (Phi) is 4.65. The Morgan fingerprint density at radius 1 is 1.04 bits per heavy atom. The minimum absolute atomic E-state index is 0.00487. The number of hydrogen-bond acceptors (Lipinski definition) is 5. The molecule has 0 fully saturated rings. The molecule has 0 aliphatic heterocycles. The van der Waals surface area contributed by atoms with Crippen LogP contribution in [0.2, 0.25) is 0 Å². The fourth-order valence-corrected chi connectivity index (χ4v) is 4.03. The maximum absolute atomic E-state index is 13.0. The number of ketones is 1. The van der Waals surface area contributed by atoms with E-state index in [1.807, 2.05) is 6.92 Å². The summed E-state index contributed by atoms with van der Waals surface area (Å²) in [4.78, 5) is 24.3. The standard InChI is InChI=1S/C19H17NO5S/c1-3-25-19(22)18(21)16-12-20(17-7-5-4-6-15(16)17)26(23,24)14-10-8-13(2)9-11-14/h4-12H,3H2,1-2H3. The Bertz CT molecular complexity index is 1090. The van der Waals surface area contributed by atoms with Crippen molar-refractivity contribution in [3.63, 3.8) is 0 Å². The molecule has 1 aromatic heterocycles. The Labute approximate surface area is 151 Å². The smallest absolute Gasteiger partial charge is 0.379 e. The number of esters is 1. The van der Waals surface area contributed by atoms with Crippen molar-refractivity contribution in [3.8, 4) is 0 Å². The zero-order valence-corrected chi connectivity index (χ0v) is 15.1. The molecule has 0 unspecified atom stereocenters. The highest BCUT2D eigenvalue weighted by Gasteiger charge is 2.27. The number of aromatic nitrogens is 1. The summed E-state index contributed by atoms with van der Waals surface area (Å²) in [6, 6.07) is 12.9. The predicted molar refractivity (Wildman–Crippen MR) is 96.7 cm³/mol. The van der Waals surface area contributed by atoms with Gasteiger partial charge in [0.1, 0.15) is 0 Å². The average Bonchev–Trinajstić information content (AvgIpc) is 3.02. The Morgan fingerprint density at radius 2 is 1.69 bits per heavy atom. The summed E-state index contributed by atoms with van der Waals surface area (Å²) in [6.07, 6.45) is 1.18. The Morgan fingerprint density at radius 3 is 2.35 bits per heavy atom. The monoisotopic (exact) mass is 371 g/mol. The first-order valence-corrected chi connectivity index (χ1v) is 9.44. The molecule has 0 spiro atoms. The number of rotatable bonds is 5. The normalized spacial score (nSPS) is 11.5. The van der Waals surface area contributed by atoms with Crippen molar-refractivity contribution in [3.05, 3.63) is 65.9 Å². The summed E-state index contributed by atoms with van der Waals surface area (Å²) in [6.45, 7) is 3.51. The van der Waals surface area contributed by atoms with Crippen molar-refractivity contribution < 1.29 is 22.7 Å². The average molecular weight is 371 g/mol. The number of carbonyl (C=O) groups excluding carboxylic acids is 2. The topological polar surface area (TPSA) is 82.4 Å². The van der Waals surface area contributed by atoms with Crippen LogP contribution in [-0.2, 0) is 19.6 Å². The minimum Gasteiger partial charge on any atom is -0.460 e. The summed E-state index contributed by atoms with van der Waals surface area (Å²) in [5, 5.41) is 0.376. The first-order chi connectivity index (χ1) is 12.4. The lowest BCUT2D eigenvalue weighted by atomic mass is 10.1. The maximum Gasteiger partial charge on any atom is 0.379 e. The number of Topliss-reactive ketones (excluding diaryl/α,β-unsaturated/α-hetero) is 1. The van der Waals surface area contributed by atoms with E-state index in [0.717, 1.165) is 9.54 Å². The Hall–Kier alpha value is -2.93. The highest BCUT2D eigenvalue weighted by molar-refractivity contribution is 7.90. The number of benzene rings is 2. The van der Waals surface area contributed by atoms with Crippen molar-refractivity contribution in [1.29, 1.82) is 0 Å². The van der Waals surface area contributed by atoms with E-state index in [1.165, 1.54) is 18.3 Å². The van der Waals surface area contributed by atoms with Gasteiger partial charge in [-0.1, -0.05) is 35.9 Å². The molecule has 0 radical (unpaired) electrons. The van der Waals surface area contributed by atoms with Crippen LogP contribution < -0.4 is 0 Å². The zero-order valence-electron chi connectivity index (χ0n) is 14.3. The molecule has 0 saturated heterocycles. The second kappa shape index (κ2) is 6.76. The van der Waals surface area contributed by atoms with Gasteiger partial charge in [-0.05, 0) is 32.0 Å². The second-order valence-corrected chi connectivity index (χ2v) is 7.54. The van der Waals surface area contributed by atoms with E-state index in [9.17, 15) is 18.0 Å². The van der Waals surface area contributed by atoms with Crippen LogP contribution >= 0.6 is 0 Å². The molecule has 0 aliphatic rings. The summed E-state index contributed by atoms with van der Waals surface area (Å²) in [5.41, 5.74) is 1.25. The molecule has 7 heteroatoms. The number of carbonyl (C=O) groups is 2. The van der Waals surface area contributed by atoms with E-state index in [4.69, 9.17) is 4.74 Å². The van der Waals surface area contributed by atoms with Gasteiger partial charge in [0, 0.05) is 11.6 Å². The Balaban J connectivity index is 2.20. The van der Waals surface area contributed by atoms with Crippen molar-refractivity contribution in [1.82, 2.24) is 3.97 Å². The van der Waals surface area contributed by atoms with Gasteiger partial charge in [-0.15, -0.1) is 0 Å². The molecular formula is C19H17NO5S. The summed E-state index contributed by atoms with van der Waals surface area (Å²) < 4.78 is 31.8. The summed E-state index contributed by atoms with van der Waals surface area (Å²) >= 11 is 0. The largest absolute Gasteiger partial charge is 0.460 e. The molecule has 0 amide bonds. The highest BCUT2D eigenvalue weighted by atomic mass is 32.2. The number of para-hydroxylation sites is 1. The van der Waals surface area contributed by atoms with E-state index in [0.29, 0.717) is 10.9 Å². The minimum atomic E-state index is -3.92. The molecule has 0 atom stereocenters. The molecule has 26 heavy (non-hydrogen) atoms. The molecule has 6 nitrogen and oxygen atoms in total. The zero-order chi connectivity index (χ0) is 18.9.